The molecule has 2 aromatic carbocycles. The van der Waals surface area contributed by atoms with Gasteiger partial charge in [-0.15, -0.1) is 0 Å². The zero-order valence-electron chi connectivity index (χ0n) is 15.1. The Morgan fingerprint density at radius 3 is 2.81 bits per heavy atom. The zero-order valence-corrected chi connectivity index (χ0v) is 15.1. The van der Waals surface area contributed by atoms with Gasteiger partial charge in [0.1, 0.15) is 17.7 Å². The number of likely N-dealkylation sites (tertiary alicyclic amines) is 1. The van der Waals surface area contributed by atoms with E-state index in [1.165, 1.54) is 18.2 Å². The maximum atomic E-state index is 13.6. The van der Waals surface area contributed by atoms with Crippen molar-refractivity contribution in [3.05, 3.63) is 59.4 Å². The normalized spacial score (nSPS) is 19.1. The third kappa shape index (κ3) is 3.39. The molecule has 2 aromatic rings. The SMILES string of the molecule is CCc1ccccc1OC1CN(C(=O)C2CC(=O)Nc3ccc(F)cc32)C1. The number of carbonyl (C=O) groups excluding carboxylic acids is 2. The molecule has 1 saturated heterocycles. The van der Waals surface area contributed by atoms with Gasteiger partial charge in [-0.25, -0.2) is 4.39 Å². The highest BCUT2D eigenvalue weighted by atomic mass is 19.1. The lowest BCUT2D eigenvalue weighted by Crippen LogP contribution is -2.57. The number of carbonyl (C=O) groups is 2. The van der Waals surface area contributed by atoms with Crippen molar-refractivity contribution in [2.75, 3.05) is 18.4 Å². The molecule has 2 heterocycles. The highest BCUT2D eigenvalue weighted by Gasteiger charge is 2.39. The highest BCUT2D eigenvalue weighted by molar-refractivity contribution is 6.01. The van der Waals surface area contributed by atoms with E-state index in [1.807, 2.05) is 24.3 Å². The molecule has 140 valence electrons. The van der Waals surface area contributed by atoms with Crippen LogP contribution in [0.4, 0.5) is 10.1 Å². The molecule has 0 spiro atoms. The zero-order chi connectivity index (χ0) is 19.0. The summed E-state index contributed by atoms with van der Waals surface area (Å²) < 4.78 is 19.7. The van der Waals surface area contributed by atoms with Crippen LogP contribution < -0.4 is 10.1 Å². The number of fused-ring (bicyclic) bond motifs is 1. The van der Waals surface area contributed by atoms with E-state index in [0.29, 0.717) is 24.3 Å². The number of hydrogen-bond acceptors (Lipinski definition) is 3. The Morgan fingerprint density at radius 2 is 2.04 bits per heavy atom. The van der Waals surface area contributed by atoms with Crippen molar-refractivity contribution in [2.45, 2.75) is 31.8 Å². The van der Waals surface area contributed by atoms with Gasteiger partial charge < -0.3 is 15.0 Å². The van der Waals surface area contributed by atoms with E-state index < -0.39 is 11.7 Å². The van der Waals surface area contributed by atoms with Gasteiger partial charge in [0.2, 0.25) is 11.8 Å². The maximum Gasteiger partial charge on any atom is 0.230 e. The van der Waals surface area contributed by atoms with Crippen LogP contribution in [-0.4, -0.2) is 35.9 Å². The predicted molar refractivity (Wildman–Crippen MR) is 99.2 cm³/mol. The third-order valence-electron chi connectivity index (χ3n) is 5.16. The number of benzene rings is 2. The summed E-state index contributed by atoms with van der Waals surface area (Å²) in [6.07, 6.45) is 0.854. The average molecular weight is 368 g/mol. The van der Waals surface area contributed by atoms with Crippen LogP contribution in [-0.2, 0) is 16.0 Å². The fraction of sp³-hybridized carbons (Fsp3) is 0.333. The number of hydrogen-bond donors (Lipinski definition) is 1. The summed E-state index contributed by atoms with van der Waals surface area (Å²) in [7, 11) is 0. The number of para-hydroxylation sites is 1. The summed E-state index contributed by atoms with van der Waals surface area (Å²) in [5.74, 6) is -0.587. The first-order valence-electron chi connectivity index (χ1n) is 9.17. The van der Waals surface area contributed by atoms with Crippen molar-refractivity contribution in [3.63, 3.8) is 0 Å². The largest absolute Gasteiger partial charge is 0.486 e. The Bertz CT molecular complexity index is 893. The average Bonchev–Trinajstić information content (AvgIpc) is 2.63. The minimum atomic E-state index is -0.645. The van der Waals surface area contributed by atoms with Crippen LogP contribution in [0, 0.1) is 5.82 Å². The maximum absolute atomic E-state index is 13.6. The Morgan fingerprint density at radius 1 is 1.26 bits per heavy atom. The van der Waals surface area contributed by atoms with Gasteiger partial charge >= 0.3 is 0 Å². The van der Waals surface area contributed by atoms with Crippen molar-refractivity contribution < 1.29 is 18.7 Å². The molecule has 2 amide bonds. The van der Waals surface area contributed by atoms with Gasteiger partial charge in [0.25, 0.3) is 0 Å². The number of nitrogens with zero attached hydrogens (tertiary/aromatic N) is 1. The summed E-state index contributed by atoms with van der Waals surface area (Å²) in [6, 6.07) is 12.0. The number of aryl methyl sites for hydroxylation is 1. The van der Waals surface area contributed by atoms with Crippen LogP contribution >= 0.6 is 0 Å². The molecule has 0 saturated carbocycles. The van der Waals surface area contributed by atoms with Crippen molar-refractivity contribution in [2.24, 2.45) is 0 Å². The molecule has 1 N–H and O–H groups in total. The van der Waals surface area contributed by atoms with Crippen LogP contribution in [0.25, 0.3) is 0 Å². The number of rotatable bonds is 4. The minimum absolute atomic E-state index is 0.0377. The van der Waals surface area contributed by atoms with Crippen molar-refractivity contribution in [3.8, 4) is 5.75 Å². The lowest BCUT2D eigenvalue weighted by molar-refractivity contribution is -0.143. The molecule has 2 aliphatic heterocycles. The van der Waals surface area contributed by atoms with Gasteiger partial charge in [-0.1, -0.05) is 25.1 Å². The Labute approximate surface area is 157 Å². The van der Waals surface area contributed by atoms with Gasteiger partial charge in [0, 0.05) is 12.1 Å². The van der Waals surface area contributed by atoms with Gasteiger partial charge in [-0.05, 0) is 41.8 Å². The first-order valence-corrected chi connectivity index (χ1v) is 9.17. The first kappa shape index (κ1) is 17.5. The predicted octanol–water partition coefficient (Wildman–Crippen LogP) is 3.10. The van der Waals surface area contributed by atoms with Crippen LogP contribution in [0.5, 0.6) is 5.75 Å². The summed E-state index contributed by atoms with van der Waals surface area (Å²) in [6.45, 7) is 3.02. The number of halogens is 1. The third-order valence-corrected chi connectivity index (χ3v) is 5.16. The number of ether oxygens (including phenoxy) is 1. The second kappa shape index (κ2) is 7.02. The molecule has 0 radical (unpaired) electrons. The standard InChI is InChI=1S/C21H21FN2O3/c1-2-13-5-3-4-6-19(13)27-15-11-24(12-15)21(26)17-10-20(25)23-18-8-7-14(22)9-16(17)18/h3-9,15,17H,2,10-12H2,1H3,(H,23,25). The summed E-state index contributed by atoms with van der Waals surface area (Å²) in [4.78, 5) is 26.5. The van der Waals surface area contributed by atoms with E-state index in [1.54, 1.807) is 4.90 Å². The molecule has 6 heteroatoms. The van der Waals surface area contributed by atoms with Crippen molar-refractivity contribution in [1.82, 2.24) is 4.90 Å². The molecule has 5 nitrogen and oxygen atoms in total. The second-order valence-electron chi connectivity index (χ2n) is 6.98. The topological polar surface area (TPSA) is 58.6 Å². The number of nitrogens with one attached hydrogen (secondary N) is 1. The van der Waals surface area contributed by atoms with Crippen LogP contribution in [0.15, 0.2) is 42.5 Å². The van der Waals surface area contributed by atoms with Gasteiger partial charge in [-0.3, -0.25) is 9.59 Å². The van der Waals surface area contributed by atoms with E-state index in [-0.39, 0.29) is 24.3 Å². The molecule has 27 heavy (non-hydrogen) atoms. The lowest BCUT2D eigenvalue weighted by atomic mass is 9.88. The van der Waals surface area contributed by atoms with Crippen molar-refractivity contribution >= 4 is 17.5 Å². The molecule has 4 rings (SSSR count). The summed E-state index contributed by atoms with van der Waals surface area (Å²) in [5, 5.41) is 2.70. The second-order valence-corrected chi connectivity index (χ2v) is 6.98. The van der Waals surface area contributed by atoms with E-state index in [2.05, 4.69) is 12.2 Å². The van der Waals surface area contributed by atoms with Gasteiger partial charge in [0.05, 0.1) is 19.0 Å². The lowest BCUT2D eigenvalue weighted by Gasteiger charge is -2.41. The molecular weight excluding hydrogens is 347 g/mol. The fourth-order valence-electron chi connectivity index (χ4n) is 3.66. The van der Waals surface area contributed by atoms with E-state index in [0.717, 1.165) is 17.7 Å². The Kier molecular flexibility index (Phi) is 4.56. The summed E-state index contributed by atoms with van der Waals surface area (Å²) >= 11 is 0. The Hall–Kier alpha value is -2.89. The highest BCUT2D eigenvalue weighted by Crippen LogP contribution is 2.35. The first-order chi connectivity index (χ1) is 13.0. The monoisotopic (exact) mass is 368 g/mol. The van der Waals surface area contributed by atoms with E-state index in [4.69, 9.17) is 4.74 Å². The Balaban J connectivity index is 1.44. The van der Waals surface area contributed by atoms with Crippen molar-refractivity contribution in [1.29, 1.82) is 0 Å². The van der Waals surface area contributed by atoms with Crippen LogP contribution in [0.2, 0.25) is 0 Å². The molecule has 2 aliphatic rings. The van der Waals surface area contributed by atoms with E-state index in [9.17, 15) is 14.0 Å². The van der Waals surface area contributed by atoms with Gasteiger partial charge in [0.15, 0.2) is 0 Å². The minimum Gasteiger partial charge on any atom is -0.486 e. The quantitative estimate of drug-likeness (QED) is 0.902. The van der Waals surface area contributed by atoms with E-state index >= 15 is 0 Å². The molecule has 1 atom stereocenters. The van der Waals surface area contributed by atoms with Crippen LogP contribution in [0.3, 0.4) is 0 Å². The molecule has 0 bridgehead atoms. The number of amides is 2. The molecule has 0 aromatic heterocycles. The van der Waals surface area contributed by atoms with Gasteiger partial charge in [-0.2, -0.15) is 0 Å². The molecule has 1 unspecified atom stereocenters. The smallest absolute Gasteiger partial charge is 0.230 e. The fourth-order valence-corrected chi connectivity index (χ4v) is 3.66. The number of anilines is 1. The molecule has 1 fully saturated rings. The molecule has 0 aliphatic carbocycles. The molecular formula is C21H21FN2O3. The summed E-state index contributed by atoms with van der Waals surface area (Å²) in [5.41, 5.74) is 2.19. The van der Waals surface area contributed by atoms with Crippen LogP contribution in [0.1, 0.15) is 30.4 Å².